The minimum absolute atomic E-state index is 0.551. The lowest BCUT2D eigenvalue weighted by Gasteiger charge is -1.97. The molecule has 3 nitrogen and oxygen atoms in total. The average molecular weight is 253 g/mol. The first kappa shape index (κ1) is 9.43. The van der Waals surface area contributed by atoms with Crippen molar-refractivity contribution >= 4 is 15.9 Å². The quantitative estimate of drug-likeness (QED) is 0.894. The molecular formula is C10H9BrN2O. The normalized spacial score (nSPS) is 10.4. The van der Waals surface area contributed by atoms with Crippen LogP contribution in [0.2, 0.25) is 0 Å². The lowest BCUT2D eigenvalue weighted by Crippen LogP contribution is -1.95. The van der Waals surface area contributed by atoms with Crippen molar-refractivity contribution in [2.45, 2.75) is 6.54 Å². The van der Waals surface area contributed by atoms with Crippen molar-refractivity contribution < 1.29 is 4.42 Å². The van der Waals surface area contributed by atoms with Crippen LogP contribution in [-0.4, -0.2) is 4.98 Å². The van der Waals surface area contributed by atoms with E-state index < -0.39 is 0 Å². The maximum absolute atomic E-state index is 5.50. The van der Waals surface area contributed by atoms with E-state index in [9.17, 15) is 0 Å². The number of hydrogen-bond donors (Lipinski definition) is 1. The number of nitrogens with two attached hydrogens (primary N) is 1. The number of nitrogens with zero attached hydrogens (tertiary/aromatic N) is 1. The molecule has 0 aliphatic rings. The zero-order valence-corrected chi connectivity index (χ0v) is 8.99. The van der Waals surface area contributed by atoms with Gasteiger partial charge in [0.1, 0.15) is 0 Å². The van der Waals surface area contributed by atoms with Crippen LogP contribution in [0, 0.1) is 0 Å². The summed E-state index contributed by atoms with van der Waals surface area (Å²) < 4.78 is 5.95. The molecule has 0 spiro atoms. The van der Waals surface area contributed by atoms with Crippen LogP contribution in [0.25, 0.3) is 11.5 Å². The van der Waals surface area contributed by atoms with Crippen LogP contribution >= 0.6 is 15.9 Å². The third kappa shape index (κ3) is 1.86. The molecule has 2 aromatic rings. The SMILES string of the molecule is NCc1ccc(-c2ncc(Br)o2)cc1. The Balaban J connectivity index is 2.33. The van der Waals surface area contributed by atoms with Crippen LogP contribution in [0.5, 0.6) is 0 Å². The van der Waals surface area contributed by atoms with E-state index in [1.165, 1.54) is 0 Å². The molecule has 14 heavy (non-hydrogen) atoms. The Morgan fingerprint density at radius 3 is 2.50 bits per heavy atom. The summed E-state index contributed by atoms with van der Waals surface area (Å²) in [6, 6.07) is 7.82. The predicted molar refractivity (Wildman–Crippen MR) is 57.5 cm³/mol. The largest absolute Gasteiger partial charge is 0.429 e. The van der Waals surface area contributed by atoms with E-state index in [0.717, 1.165) is 11.1 Å². The highest BCUT2D eigenvalue weighted by molar-refractivity contribution is 9.10. The van der Waals surface area contributed by atoms with Crippen LogP contribution in [0.15, 0.2) is 39.5 Å². The van der Waals surface area contributed by atoms with Gasteiger partial charge < -0.3 is 10.2 Å². The van der Waals surface area contributed by atoms with Gasteiger partial charge in [0, 0.05) is 12.1 Å². The first-order valence-corrected chi connectivity index (χ1v) is 4.99. The summed E-state index contributed by atoms with van der Waals surface area (Å²) in [6.45, 7) is 0.551. The molecule has 2 N–H and O–H groups in total. The maximum Gasteiger partial charge on any atom is 0.227 e. The molecule has 2 rings (SSSR count). The summed E-state index contributed by atoms with van der Waals surface area (Å²) in [5.74, 6) is 0.612. The minimum Gasteiger partial charge on any atom is -0.429 e. The predicted octanol–water partition coefficient (Wildman–Crippen LogP) is 2.56. The van der Waals surface area contributed by atoms with Gasteiger partial charge in [-0.1, -0.05) is 12.1 Å². The summed E-state index contributed by atoms with van der Waals surface area (Å²) in [6.07, 6.45) is 1.63. The molecule has 1 heterocycles. The van der Waals surface area contributed by atoms with Crippen LogP contribution in [0.3, 0.4) is 0 Å². The number of hydrogen-bond acceptors (Lipinski definition) is 3. The number of halogens is 1. The molecular weight excluding hydrogens is 244 g/mol. The first-order chi connectivity index (χ1) is 6.79. The van der Waals surface area contributed by atoms with Gasteiger partial charge in [-0.2, -0.15) is 0 Å². The molecule has 4 heteroatoms. The fourth-order valence-electron chi connectivity index (χ4n) is 1.17. The van der Waals surface area contributed by atoms with E-state index in [1.807, 2.05) is 24.3 Å². The molecule has 0 amide bonds. The van der Waals surface area contributed by atoms with Gasteiger partial charge in [0.05, 0.1) is 6.20 Å². The highest BCUT2D eigenvalue weighted by atomic mass is 79.9. The molecule has 0 atom stereocenters. The first-order valence-electron chi connectivity index (χ1n) is 4.20. The van der Waals surface area contributed by atoms with E-state index >= 15 is 0 Å². The molecule has 0 bridgehead atoms. The second kappa shape index (κ2) is 3.94. The van der Waals surface area contributed by atoms with Gasteiger partial charge >= 0.3 is 0 Å². The molecule has 0 radical (unpaired) electrons. The molecule has 0 saturated carbocycles. The van der Waals surface area contributed by atoms with Crippen LogP contribution in [-0.2, 0) is 6.54 Å². The molecule has 0 unspecified atom stereocenters. The van der Waals surface area contributed by atoms with Gasteiger partial charge in [-0.3, -0.25) is 0 Å². The van der Waals surface area contributed by atoms with E-state index in [0.29, 0.717) is 17.1 Å². The summed E-state index contributed by atoms with van der Waals surface area (Å²) in [4.78, 5) is 4.10. The standard InChI is InChI=1S/C10H9BrN2O/c11-9-6-13-10(14-9)8-3-1-7(5-12)2-4-8/h1-4,6H,5,12H2. The van der Waals surface area contributed by atoms with Crippen LogP contribution in [0.1, 0.15) is 5.56 Å². The zero-order valence-electron chi connectivity index (χ0n) is 7.40. The summed E-state index contributed by atoms with van der Waals surface area (Å²) in [5, 5.41) is 0. The van der Waals surface area contributed by atoms with Crippen molar-refractivity contribution in [3.05, 3.63) is 40.7 Å². The Labute approximate surface area is 90.1 Å². The Morgan fingerprint density at radius 1 is 1.29 bits per heavy atom. The fourth-order valence-corrected chi connectivity index (χ4v) is 1.43. The average Bonchev–Trinajstić information content (AvgIpc) is 2.65. The highest BCUT2D eigenvalue weighted by Gasteiger charge is 2.03. The number of aromatic nitrogens is 1. The Morgan fingerprint density at radius 2 is 2.00 bits per heavy atom. The lowest BCUT2D eigenvalue weighted by atomic mass is 10.1. The summed E-state index contributed by atoms with van der Waals surface area (Å²) >= 11 is 3.21. The van der Waals surface area contributed by atoms with Crippen LogP contribution in [0.4, 0.5) is 0 Å². The number of rotatable bonds is 2. The third-order valence-electron chi connectivity index (χ3n) is 1.91. The molecule has 0 saturated heterocycles. The van der Waals surface area contributed by atoms with Gasteiger partial charge in [0.15, 0.2) is 4.67 Å². The topological polar surface area (TPSA) is 52.0 Å². The molecule has 72 valence electrons. The zero-order chi connectivity index (χ0) is 9.97. The third-order valence-corrected chi connectivity index (χ3v) is 2.28. The fraction of sp³-hybridized carbons (Fsp3) is 0.100. The van der Waals surface area contributed by atoms with Gasteiger partial charge in [-0.25, -0.2) is 4.98 Å². The Kier molecular flexibility index (Phi) is 2.65. The van der Waals surface area contributed by atoms with Crippen molar-refractivity contribution in [2.24, 2.45) is 5.73 Å². The number of oxazole rings is 1. The second-order valence-corrected chi connectivity index (χ2v) is 3.65. The van der Waals surface area contributed by atoms with E-state index in [2.05, 4.69) is 20.9 Å². The Bertz CT molecular complexity index is 422. The molecule has 0 aliphatic heterocycles. The highest BCUT2D eigenvalue weighted by Crippen LogP contribution is 2.21. The van der Waals surface area contributed by atoms with Crippen molar-refractivity contribution in [1.29, 1.82) is 0 Å². The minimum atomic E-state index is 0.551. The van der Waals surface area contributed by atoms with Gasteiger partial charge in [0.2, 0.25) is 5.89 Å². The van der Waals surface area contributed by atoms with Crippen molar-refractivity contribution in [2.75, 3.05) is 0 Å². The van der Waals surface area contributed by atoms with Crippen molar-refractivity contribution in [1.82, 2.24) is 4.98 Å². The number of benzene rings is 1. The van der Waals surface area contributed by atoms with E-state index in [4.69, 9.17) is 10.2 Å². The monoisotopic (exact) mass is 252 g/mol. The summed E-state index contributed by atoms with van der Waals surface area (Å²) in [7, 11) is 0. The van der Waals surface area contributed by atoms with Crippen molar-refractivity contribution in [3.8, 4) is 11.5 Å². The van der Waals surface area contributed by atoms with Gasteiger partial charge in [-0.15, -0.1) is 0 Å². The van der Waals surface area contributed by atoms with E-state index in [1.54, 1.807) is 6.20 Å². The Hall–Kier alpha value is -1.13. The van der Waals surface area contributed by atoms with Crippen LogP contribution < -0.4 is 5.73 Å². The smallest absolute Gasteiger partial charge is 0.227 e. The van der Waals surface area contributed by atoms with Gasteiger partial charge in [-0.05, 0) is 33.6 Å². The molecule has 1 aromatic carbocycles. The lowest BCUT2D eigenvalue weighted by molar-refractivity contribution is 0.549. The van der Waals surface area contributed by atoms with Gasteiger partial charge in [0.25, 0.3) is 0 Å². The van der Waals surface area contributed by atoms with Crippen molar-refractivity contribution in [3.63, 3.8) is 0 Å². The molecule has 1 aromatic heterocycles. The maximum atomic E-state index is 5.50. The molecule has 0 aliphatic carbocycles. The second-order valence-electron chi connectivity index (χ2n) is 2.87. The van der Waals surface area contributed by atoms with E-state index in [-0.39, 0.29) is 0 Å². The molecule has 0 fully saturated rings. The summed E-state index contributed by atoms with van der Waals surface area (Å²) in [5.41, 5.74) is 7.54.